The Labute approximate surface area is 104 Å². The lowest BCUT2D eigenvalue weighted by Crippen LogP contribution is -2.38. The maximum absolute atomic E-state index is 11.7. The van der Waals surface area contributed by atoms with Crippen LogP contribution in [0.1, 0.15) is 21.7 Å². The molecule has 0 spiro atoms. The molecule has 1 N–H and O–H groups in total. The summed E-state index contributed by atoms with van der Waals surface area (Å²) in [5, 5.41) is 13.1. The molecule has 98 valence electrons. The van der Waals surface area contributed by atoms with Gasteiger partial charge in [0.1, 0.15) is 6.61 Å². The predicted molar refractivity (Wildman–Crippen MR) is 61.2 cm³/mol. The number of aromatic carboxylic acids is 1. The molecule has 1 aromatic rings. The van der Waals surface area contributed by atoms with Crippen molar-refractivity contribution in [2.24, 2.45) is 7.05 Å². The number of rotatable bonds is 3. The Balaban J connectivity index is 2.27. The number of aryl methyl sites for hydroxylation is 1. The number of hydrogen-bond acceptors (Lipinski definition) is 4. The van der Waals surface area contributed by atoms with E-state index in [1.54, 1.807) is 16.6 Å². The highest BCUT2D eigenvalue weighted by Gasteiger charge is 2.28. The summed E-state index contributed by atoms with van der Waals surface area (Å²) in [4.78, 5) is 24.4. The maximum Gasteiger partial charge on any atom is 0.356 e. The van der Waals surface area contributed by atoms with Crippen LogP contribution in [0.25, 0.3) is 0 Å². The lowest BCUT2D eigenvalue weighted by atomic mass is 10.1. The second-order valence-corrected chi connectivity index (χ2v) is 4.20. The van der Waals surface area contributed by atoms with Crippen LogP contribution in [-0.2, 0) is 29.5 Å². The van der Waals surface area contributed by atoms with E-state index in [-0.39, 0.29) is 24.8 Å². The molecule has 0 unspecified atom stereocenters. The fourth-order valence-electron chi connectivity index (χ4n) is 2.19. The predicted octanol–water partition coefficient (Wildman–Crippen LogP) is -0.351. The van der Waals surface area contributed by atoms with Crippen LogP contribution in [0.5, 0.6) is 0 Å². The number of fused-ring (bicyclic) bond motifs is 1. The smallest absolute Gasteiger partial charge is 0.356 e. The van der Waals surface area contributed by atoms with Crippen molar-refractivity contribution in [1.29, 1.82) is 0 Å². The van der Waals surface area contributed by atoms with Gasteiger partial charge in [0.2, 0.25) is 5.91 Å². The van der Waals surface area contributed by atoms with Gasteiger partial charge in [-0.3, -0.25) is 9.48 Å². The van der Waals surface area contributed by atoms with Crippen molar-refractivity contribution in [3.63, 3.8) is 0 Å². The Kier molecular flexibility index (Phi) is 3.33. The van der Waals surface area contributed by atoms with Crippen molar-refractivity contribution in [2.75, 3.05) is 20.3 Å². The van der Waals surface area contributed by atoms with Gasteiger partial charge in [0, 0.05) is 44.9 Å². The van der Waals surface area contributed by atoms with Crippen molar-refractivity contribution < 1.29 is 19.4 Å². The van der Waals surface area contributed by atoms with E-state index in [1.165, 1.54) is 7.11 Å². The van der Waals surface area contributed by atoms with Crippen LogP contribution in [0.2, 0.25) is 0 Å². The molecule has 1 aliphatic rings. The van der Waals surface area contributed by atoms with E-state index in [0.29, 0.717) is 18.5 Å². The standard InChI is InChI=1S/C11H15N3O4/c1-13-8-3-4-14(9(15)6-18-2)5-7(8)10(12-13)11(16)17/h3-6H2,1-2H3,(H,16,17). The molecule has 7 heteroatoms. The first-order valence-electron chi connectivity index (χ1n) is 5.59. The Morgan fingerprint density at radius 1 is 1.50 bits per heavy atom. The van der Waals surface area contributed by atoms with Gasteiger partial charge in [-0.2, -0.15) is 5.10 Å². The van der Waals surface area contributed by atoms with Gasteiger partial charge in [-0.05, 0) is 0 Å². The zero-order valence-corrected chi connectivity index (χ0v) is 10.3. The molecule has 2 heterocycles. The summed E-state index contributed by atoms with van der Waals surface area (Å²) in [6, 6.07) is 0. The molecule has 1 amide bonds. The maximum atomic E-state index is 11.7. The van der Waals surface area contributed by atoms with Gasteiger partial charge >= 0.3 is 5.97 Å². The zero-order valence-electron chi connectivity index (χ0n) is 10.3. The van der Waals surface area contributed by atoms with Crippen LogP contribution in [0.3, 0.4) is 0 Å². The first kappa shape index (κ1) is 12.6. The highest BCUT2D eigenvalue weighted by Crippen LogP contribution is 2.22. The van der Waals surface area contributed by atoms with Crippen LogP contribution >= 0.6 is 0 Å². The van der Waals surface area contributed by atoms with E-state index in [1.807, 2.05) is 0 Å². The number of carbonyl (C=O) groups is 2. The summed E-state index contributed by atoms with van der Waals surface area (Å²) in [6.45, 7) is 0.860. The minimum absolute atomic E-state index is 0.0119. The van der Waals surface area contributed by atoms with E-state index in [4.69, 9.17) is 9.84 Å². The number of carboxylic acids is 1. The van der Waals surface area contributed by atoms with Crippen LogP contribution < -0.4 is 0 Å². The molecular weight excluding hydrogens is 238 g/mol. The summed E-state index contributed by atoms with van der Waals surface area (Å²) >= 11 is 0. The number of nitrogens with zero attached hydrogens (tertiary/aromatic N) is 3. The highest BCUT2D eigenvalue weighted by molar-refractivity contribution is 5.88. The number of methoxy groups -OCH3 is 1. The fourth-order valence-corrected chi connectivity index (χ4v) is 2.19. The Hall–Kier alpha value is -1.89. The summed E-state index contributed by atoms with van der Waals surface area (Å²) in [6.07, 6.45) is 0.613. The molecule has 0 bridgehead atoms. The largest absolute Gasteiger partial charge is 0.476 e. The average Bonchev–Trinajstić information content (AvgIpc) is 2.67. The van der Waals surface area contributed by atoms with Crippen molar-refractivity contribution in [2.45, 2.75) is 13.0 Å². The number of hydrogen-bond donors (Lipinski definition) is 1. The molecule has 0 saturated carbocycles. The molecular formula is C11H15N3O4. The molecule has 0 saturated heterocycles. The average molecular weight is 253 g/mol. The SMILES string of the molecule is COCC(=O)N1CCc2c(c(C(=O)O)nn2C)C1. The van der Waals surface area contributed by atoms with E-state index in [2.05, 4.69) is 5.10 Å². The molecule has 18 heavy (non-hydrogen) atoms. The van der Waals surface area contributed by atoms with Crippen LogP contribution in [0.4, 0.5) is 0 Å². The molecule has 1 aromatic heterocycles. The van der Waals surface area contributed by atoms with Crippen LogP contribution in [0, 0.1) is 0 Å². The highest BCUT2D eigenvalue weighted by atomic mass is 16.5. The number of amides is 1. The van der Waals surface area contributed by atoms with Gasteiger partial charge in [-0.15, -0.1) is 0 Å². The third-order valence-electron chi connectivity index (χ3n) is 3.07. The minimum atomic E-state index is -1.06. The number of carbonyl (C=O) groups excluding carboxylic acids is 1. The van der Waals surface area contributed by atoms with Gasteiger partial charge in [0.25, 0.3) is 0 Å². The third-order valence-corrected chi connectivity index (χ3v) is 3.07. The molecule has 2 rings (SSSR count). The second kappa shape index (κ2) is 4.77. The summed E-state index contributed by atoms with van der Waals surface area (Å²) < 4.78 is 6.38. The van der Waals surface area contributed by atoms with Gasteiger partial charge < -0.3 is 14.7 Å². The number of aromatic nitrogens is 2. The Bertz CT molecular complexity index is 495. The molecule has 7 nitrogen and oxygen atoms in total. The van der Waals surface area contributed by atoms with E-state index >= 15 is 0 Å². The van der Waals surface area contributed by atoms with Crippen LogP contribution in [-0.4, -0.2) is 51.9 Å². The molecule has 0 radical (unpaired) electrons. The summed E-state index contributed by atoms with van der Waals surface area (Å²) in [7, 11) is 3.18. The summed E-state index contributed by atoms with van der Waals surface area (Å²) in [5.41, 5.74) is 1.54. The fraction of sp³-hybridized carbons (Fsp3) is 0.545. The van der Waals surface area contributed by atoms with Gasteiger partial charge in [0.15, 0.2) is 5.69 Å². The zero-order chi connectivity index (χ0) is 13.3. The van der Waals surface area contributed by atoms with Gasteiger partial charge in [-0.25, -0.2) is 4.79 Å². The lowest BCUT2D eigenvalue weighted by Gasteiger charge is -2.27. The number of carboxylic acid groups (broad SMARTS) is 1. The van der Waals surface area contributed by atoms with Crippen molar-refractivity contribution in [3.05, 3.63) is 17.0 Å². The monoisotopic (exact) mass is 253 g/mol. The normalized spacial score (nSPS) is 14.4. The first-order valence-corrected chi connectivity index (χ1v) is 5.59. The van der Waals surface area contributed by atoms with Crippen molar-refractivity contribution in [3.8, 4) is 0 Å². The minimum Gasteiger partial charge on any atom is -0.476 e. The summed E-state index contributed by atoms with van der Waals surface area (Å²) in [5.74, 6) is -1.20. The van der Waals surface area contributed by atoms with Gasteiger partial charge in [-0.1, -0.05) is 0 Å². The van der Waals surface area contributed by atoms with Crippen molar-refractivity contribution in [1.82, 2.24) is 14.7 Å². The van der Waals surface area contributed by atoms with E-state index in [0.717, 1.165) is 5.69 Å². The lowest BCUT2D eigenvalue weighted by molar-refractivity contribution is -0.136. The Morgan fingerprint density at radius 3 is 2.83 bits per heavy atom. The van der Waals surface area contributed by atoms with E-state index in [9.17, 15) is 9.59 Å². The second-order valence-electron chi connectivity index (χ2n) is 4.20. The molecule has 0 fully saturated rings. The van der Waals surface area contributed by atoms with Crippen molar-refractivity contribution >= 4 is 11.9 Å². The third kappa shape index (κ3) is 2.08. The topological polar surface area (TPSA) is 84.7 Å². The molecule has 1 aliphatic heterocycles. The van der Waals surface area contributed by atoms with E-state index < -0.39 is 5.97 Å². The molecule has 0 aromatic carbocycles. The Morgan fingerprint density at radius 2 is 2.22 bits per heavy atom. The molecule has 0 aliphatic carbocycles. The van der Waals surface area contributed by atoms with Crippen LogP contribution in [0.15, 0.2) is 0 Å². The number of ether oxygens (including phenoxy) is 1. The van der Waals surface area contributed by atoms with Gasteiger partial charge in [0.05, 0.1) is 0 Å². The molecule has 0 atom stereocenters. The quantitative estimate of drug-likeness (QED) is 0.795. The first-order chi connectivity index (χ1) is 8.54.